The van der Waals surface area contributed by atoms with Gasteiger partial charge in [-0.2, -0.15) is 4.31 Å². The molecule has 1 fully saturated rings. The predicted octanol–water partition coefficient (Wildman–Crippen LogP) is 2.35. The van der Waals surface area contributed by atoms with Gasteiger partial charge in [-0.05, 0) is 30.0 Å². The molecule has 6 heteroatoms. The lowest BCUT2D eigenvalue weighted by Crippen LogP contribution is -2.29. The molecule has 0 bridgehead atoms. The molecule has 1 aromatic rings. The fourth-order valence-corrected chi connectivity index (χ4v) is 4.06. The lowest BCUT2D eigenvalue weighted by molar-refractivity contribution is 0.457. The van der Waals surface area contributed by atoms with Crippen LogP contribution in [0.4, 0.5) is 4.39 Å². The van der Waals surface area contributed by atoms with Gasteiger partial charge in [0.2, 0.25) is 10.0 Å². The van der Waals surface area contributed by atoms with Crippen LogP contribution in [0.5, 0.6) is 0 Å². The van der Waals surface area contributed by atoms with Crippen LogP contribution in [-0.2, 0) is 16.6 Å². The van der Waals surface area contributed by atoms with Crippen molar-refractivity contribution in [3.8, 4) is 0 Å². The van der Waals surface area contributed by atoms with Gasteiger partial charge in [-0.15, -0.1) is 0 Å². The van der Waals surface area contributed by atoms with E-state index in [4.69, 9.17) is 0 Å². The summed E-state index contributed by atoms with van der Waals surface area (Å²) in [6.45, 7) is 7.48. The second-order valence-electron chi connectivity index (χ2n) is 6.06. The lowest BCUT2D eigenvalue weighted by Gasteiger charge is -2.17. The minimum Gasteiger partial charge on any atom is -0.310 e. The van der Waals surface area contributed by atoms with Crippen LogP contribution < -0.4 is 5.32 Å². The first kappa shape index (κ1) is 16.4. The summed E-state index contributed by atoms with van der Waals surface area (Å²) in [6.07, 6.45) is 0.831. The quantitative estimate of drug-likeness (QED) is 0.907. The van der Waals surface area contributed by atoms with E-state index in [9.17, 15) is 12.8 Å². The van der Waals surface area contributed by atoms with Crippen molar-refractivity contribution >= 4 is 10.0 Å². The number of sulfonamides is 1. The number of rotatable bonds is 5. The third-order valence-corrected chi connectivity index (χ3v) is 5.61. The van der Waals surface area contributed by atoms with Crippen molar-refractivity contribution in [3.63, 3.8) is 0 Å². The maximum Gasteiger partial charge on any atom is 0.245 e. The molecule has 118 valence electrons. The average molecular weight is 314 g/mol. The molecule has 0 amide bonds. The molecule has 0 radical (unpaired) electrons. The lowest BCUT2D eigenvalue weighted by atomic mass is 10.2. The van der Waals surface area contributed by atoms with Gasteiger partial charge in [-0.1, -0.05) is 26.8 Å². The summed E-state index contributed by atoms with van der Waals surface area (Å²) in [5, 5.41) is 3.18. The monoisotopic (exact) mass is 314 g/mol. The Morgan fingerprint density at radius 3 is 2.67 bits per heavy atom. The van der Waals surface area contributed by atoms with E-state index in [2.05, 4.69) is 5.32 Å². The molecule has 0 spiro atoms. The van der Waals surface area contributed by atoms with Crippen molar-refractivity contribution in [1.29, 1.82) is 0 Å². The maximum atomic E-state index is 14.2. The van der Waals surface area contributed by atoms with Crippen molar-refractivity contribution < 1.29 is 12.8 Å². The largest absolute Gasteiger partial charge is 0.310 e. The van der Waals surface area contributed by atoms with E-state index in [1.54, 1.807) is 6.07 Å². The normalized spacial score (nSPS) is 20.3. The summed E-state index contributed by atoms with van der Waals surface area (Å²) in [4.78, 5) is -0.218. The number of nitrogens with one attached hydrogen (secondary N) is 1. The number of hydrogen-bond donors (Lipinski definition) is 1. The zero-order valence-corrected chi connectivity index (χ0v) is 13.6. The minimum absolute atomic E-state index is 0.218. The van der Waals surface area contributed by atoms with Gasteiger partial charge in [-0.3, -0.25) is 0 Å². The molecule has 2 rings (SSSR count). The summed E-state index contributed by atoms with van der Waals surface area (Å²) >= 11 is 0. The molecule has 1 atom stereocenters. The summed E-state index contributed by atoms with van der Waals surface area (Å²) in [6, 6.07) is 4.65. The molecule has 1 unspecified atom stereocenters. The highest BCUT2D eigenvalue weighted by Gasteiger charge is 2.32. The van der Waals surface area contributed by atoms with Gasteiger partial charge >= 0.3 is 0 Å². The first-order valence-corrected chi connectivity index (χ1v) is 8.76. The van der Waals surface area contributed by atoms with Crippen LogP contribution in [0.2, 0.25) is 0 Å². The summed E-state index contributed by atoms with van der Waals surface area (Å²) in [5.41, 5.74) is 0.745. The Bertz CT molecular complexity index is 602. The van der Waals surface area contributed by atoms with Crippen molar-refractivity contribution in [2.24, 2.45) is 5.92 Å². The fourth-order valence-electron chi connectivity index (χ4n) is 2.44. The number of hydrogen-bond acceptors (Lipinski definition) is 3. The summed E-state index contributed by atoms with van der Waals surface area (Å²) < 4.78 is 40.5. The highest BCUT2D eigenvalue weighted by atomic mass is 32.2. The first-order valence-electron chi connectivity index (χ1n) is 7.32. The molecule has 21 heavy (non-hydrogen) atoms. The van der Waals surface area contributed by atoms with Crippen LogP contribution >= 0.6 is 0 Å². The minimum atomic E-state index is -3.71. The second-order valence-corrected chi connectivity index (χ2v) is 7.96. The van der Waals surface area contributed by atoms with Gasteiger partial charge in [-0.25, -0.2) is 12.8 Å². The van der Waals surface area contributed by atoms with Crippen LogP contribution in [0.3, 0.4) is 0 Å². The van der Waals surface area contributed by atoms with Crippen LogP contribution in [0, 0.1) is 11.7 Å². The van der Waals surface area contributed by atoms with Crippen LogP contribution in [0.25, 0.3) is 0 Å². The Hall–Kier alpha value is -0.980. The van der Waals surface area contributed by atoms with Crippen LogP contribution in [-0.4, -0.2) is 31.9 Å². The topological polar surface area (TPSA) is 49.4 Å². The van der Waals surface area contributed by atoms with E-state index in [-0.39, 0.29) is 4.90 Å². The van der Waals surface area contributed by atoms with E-state index >= 15 is 0 Å². The van der Waals surface area contributed by atoms with Crippen molar-refractivity contribution in [2.75, 3.05) is 13.1 Å². The van der Waals surface area contributed by atoms with Crippen molar-refractivity contribution in [1.82, 2.24) is 9.62 Å². The Morgan fingerprint density at radius 2 is 2.14 bits per heavy atom. The molecule has 1 aliphatic heterocycles. The molecule has 4 nitrogen and oxygen atoms in total. The predicted molar refractivity (Wildman–Crippen MR) is 80.9 cm³/mol. The molecule has 1 heterocycles. The molecular formula is C15H23FN2O2S. The van der Waals surface area contributed by atoms with Crippen LogP contribution in [0.15, 0.2) is 23.1 Å². The summed E-state index contributed by atoms with van der Waals surface area (Å²) in [7, 11) is -3.71. The van der Waals surface area contributed by atoms with Gasteiger partial charge in [0.05, 0.1) is 0 Å². The maximum absolute atomic E-state index is 14.2. The molecule has 1 aliphatic rings. The molecule has 1 saturated heterocycles. The SMILES string of the molecule is CC1CCN(S(=O)(=O)c2ccc(CNC(C)C)cc2F)C1. The number of benzene rings is 1. The van der Waals surface area contributed by atoms with E-state index in [0.29, 0.717) is 31.6 Å². The van der Waals surface area contributed by atoms with Crippen molar-refractivity contribution in [3.05, 3.63) is 29.6 Å². The average Bonchev–Trinajstić information content (AvgIpc) is 2.83. The molecule has 0 saturated carbocycles. The molecular weight excluding hydrogens is 291 g/mol. The highest BCUT2D eigenvalue weighted by molar-refractivity contribution is 7.89. The Kier molecular flexibility index (Phi) is 5.01. The zero-order valence-electron chi connectivity index (χ0n) is 12.8. The number of nitrogens with zero attached hydrogens (tertiary/aromatic N) is 1. The Morgan fingerprint density at radius 1 is 1.43 bits per heavy atom. The van der Waals surface area contributed by atoms with Gasteiger partial charge in [0.25, 0.3) is 0 Å². The number of halogens is 1. The van der Waals surface area contributed by atoms with Crippen molar-refractivity contribution in [2.45, 2.75) is 44.7 Å². The highest BCUT2D eigenvalue weighted by Crippen LogP contribution is 2.26. The standard InChI is InChI=1S/C15H23FN2O2S/c1-11(2)17-9-13-4-5-15(14(16)8-13)21(19,20)18-7-6-12(3)10-18/h4-5,8,11-12,17H,6-7,9-10H2,1-3H3. The van der Waals surface area contributed by atoms with Crippen LogP contribution in [0.1, 0.15) is 32.8 Å². The second kappa shape index (κ2) is 6.42. The molecule has 0 aliphatic carbocycles. The fraction of sp³-hybridized carbons (Fsp3) is 0.600. The van der Waals surface area contributed by atoms with Gasteiger partial charge in [0, 0.05) is 25.7 Å². The zero-order chi connectivity index (χ0) is 15.6. The summed E-state index contributed by atoms with van der Waals surface area (Å²) in [5.74, 6) is -0.338. The third-order valence-electron chi connectivity index (χ3n) is 3.72. The third kappa shape index (κ3) is 3.81. The molecule has 1 N–H and O–H groups in total. The Balaban J connectivity index is 2.20. The van der Waals surface area contributed by atoms with Gasteiger partial charge < -0.3 is 5.32 Å². The molecule has 0 aromatic heterocycles. The molecule has 1 aromatic carbocycles. The smallest absolute Gasteiger partial charge is 0.245 e. The van der Waals surface area contributed by atoms with Gasteiger partial charge in [0.1, 0.15) is 10.7 Å². The van der Waals surface area contributed by atoms with E-state index < -0.39 is 15.8 Å². The van der Waals surface area contributed by atoms with E-state index in [1.807, 2.05) is 20.8 Å². The van der Waals surface area contributed by atoms with E-state index in [1.165, 1.54) is 16.4 Å². The Labute approximate surface area is 126 Å². The van der Waals surface area contributed by atoms with Gasteiger partial charge in [0.15, 0.2) is 0 Å². The first-order chi connectivity index (χ1) is 9.80. The van der Waals surface area contributed by atoms with E-state index in [0.717, 1.165) is 12.0 Å².